The first-order valence-electron chi connectivity index (χ1n) is 5.81. The molecule has 96 valence electrons. The average molecular weight is 274 g/mol. The Labute approximate surface area is 107 Å². The molecule has 1 aliphatic carbocycles. The van der Waals surface area contributed by atoms with Gasteiger partial charge < -0.3 is 5.32 Å². The maximum atomic E-state index is 12.0. The van der Waals surface area contributed by atoms with Gasteiger partial charge in [-0.2, -0.15) is 0 Å². The van der Waals surface area contributed by atoms with E-state index in [-0.39, 0.29) is 0 Å². The van der Waals surface area contributed by atoms with Crippen LogP contribution >= 0.6 is 11.3 Å². The Bertz CT molecular complexity index is 477. The first-order chi connectivity index (χ1) is 8.04. The molecule has 0 atom stereocenters. The second-order valence-corrected chi connectivity index (χ2v) is 7.36. The van der Waals surface area contributed by atoms with E-state index < -0.39 is 10.0 Å². The van der Waals surface area contributed by atoms with E-state index in [4.69, 9.17) is 0 Å². The van der Waals surface area contributed by atoms with E-state index in [2.05, 4.69) is 5.32 Å². The van der Waals surface area contributed by atoms with Gasteiger partial charge in [0.15, 0.2) is 0 Å². The molecule has 0 amide bonds. The lowest BCUT2D eigenvalue weighted by Crippen LogP contribution is -2.26. The fourth-order valence-corrected chi connectivity index (χ4v) is 3.86. The Kier molecular flexibility index (Phi) is 3.87. The fourth-order valence-electron chi connectivity index (χ4n) is 1.47. The van der Waals surface area contributed by atoms with Crippen LogP contribution in [0.25, 0.3) is 0 Å². The molecule has 0 spiro atoms. The monoisotopic (exact) mass is 274 g/mol. The summed E-state index contributed by atoms with van der Waals surface area (Å²) >= 11 is 1.51. The molecule has 1 aromatic heterocycles. The highest BCUT2D eigenvalue weighted by Gasteiger charge is 2.22. The molecule has 1 fully saturated rings. The largest absolute Gasteiger partial charge is 0.309 e. The standard InChI is InChI=1S/C11H18N2O2S2/c1-3-13(2)17(14,15)11-6-10(16-8-11)7-12-9-4-5-9/h6,8-9,12H,3-5,7H2,1-2H3. The van der Waals surface area contributed by atoms with Crippen LogP contribution in [-0.2, 0) is 16.6 Å². The van der Waals surface area contributed by atoms with E-state index in [9.17, 15) is 8.42 Å². The zero-order chi connectivity index (χ0) is 12.5. The van der Waals surface area contributed by atoms with E-state index >= 15 is 0 Å². The Morgan fingerprint density at radius 3 is 2.82 bits per heavy atom. The Balaban J connectivity index is 2.05. The maximum absolute atomic E-state index is 12.0. The van der Waals surface area contributed by atoms with Gasteiger partial charge in [-0.15, -0.1) is 11.3 Å². The van der Waals surface area contributed by atoms with Crippen molar-refractivity contribution in [2.24, 2.45) is 0 Å². The van der Waals surface area contributed by atoms with Gasteiger partial charge in [0.1, 0.15) is 0 Å². The van der Waals surface area contributed by atoms with E-state index in [1.807, 2.05) is 6.92 Å². The molecule has 2 rings (SSSR count). The van der Waals surface area contributed by atoms with E-state index in [1.165, 1.54) is 28.5 Å². The third-order valence-electron chi connectivity index (χ3n) is 2.93. The van der Waals surface area contributed by atoms with Crippen molar-refractivity contribution in [3.8, 4) is 0 Å². The minimum atomic E-state index is -3.28. The van der Waals surface area contributed by atoms with Crippen LogP contribution in [0.15, 0.2) is 16.3 Å². The topological polar surface area (TPSA) is 49.4 Å². The van der Waals surface area contributed by atoms with Crippen molar-refractivity contribution in [3.05, 3.63) is 16.3 Å². The normalized spacial score (nSPS) is 16.6. The smallest absolute Gasteiger partial charge is 0.243 e. The van der Waals surface area contributed by atoms with Gasteiger partial charge in [-0.1, -0.05) is 6.92 Å². The summed E-state index contributed by atoms with van der Waals surface area (Å²) in [6, 6.07) is 2.43. The number of rotatable bonds is 6. The van der Waals surface area contributed by atoms with Crippen molar-refractivity contribution in [3.63, 3.8) is 0 Å². The van der Waals surface area contributed by atoms with Crippen molar-refractivity contribution in [2.45, 2.75) is 37.2 Å². The summed E-state index contributed by atoms with van der Waals surface area (Å²) in [6.45, 7) is 3.11. The fraction of sp³-hybridized carbons (Fsp3) is 0.636. The lowest BCUT2D eigenvalue weighted by Gasteiger charge is -2.12. The lowest BCUT2D eigenvalue weighted by molar-refractivity contribution is 0.486. The third-order valence-corrected chi connectivity index (χ3v) is 5.92. The minimum absolute atomic E-state index is 0.416. The predicted molar refractivity (Wildman–Crippen MR) is 69.7 cm³/mol. The molecular formula is C11H18N2O2S2. The first-order valence-corrected chi connectivity index (χ1v) is 8.13. The van der Waals surface area contributed by atoms with Crippen LogP contribution < -0.4 is 5.32 Å². The first kappa shape index (κ1) is 13.0. The summed E-state index contributed by atoms with van der Waals surface area (Å²) in [7, 11) is -1.67. The summed E-state index contributed by atoms with van der Waals surface area (Å²) in [5.74, 6) is 0. The summed E-state index contributed by atoms with van der Waals surface area (Å²) in [4.78, 5) is 1.50. The van der Waals surface area contributed by atoms with Crippen LogP contribution in [0.5, 0.6) is 0 Å². The molecule has 0 aliphatic heterocycles. The molecule has 0 aromatic carbocycles. The Hall–Kier alpha value is -0.430. The molecule has 6 heteroatoms. The summed E-state index contributed by atoms with van der Waals surface area (Å²) in [5, 5.41) is 5.11. The van der Waals surface area contributed by atoms with Gasteiger partial charge in [0.2, 0.25) is 10.0 Å². The van der Waals surface area contributed by atoms with Crippen LogP contribution in [0, 0.1) is 0 Å². The van der Waals surface area contributed by atoms with Crippen molar-refractivity contribution in [1.82, 2.24) is 9.62 Å². The molecule has 1 N–H and O–H groups in total. The van der Waals surface area contributed by atoms with Crippen molar-refractivity contribution >= 4 is 21.4 Å². The van der Waals surface area contributed by atoms with Crippen LogP contribution in [0.2, 0.25) is 0 Å². The average Bonchev–Trinajstić information content (AvgIpc) is 3.01. The highest BCUT2D eigenvalue weighted by atomic mass is 32.2. The number of nitrogens with zero attached hydrogens (tertiary/aromatic N) is 1. The SMILES string of the molecule is CCN(C)S(=O)(=O)c1csc(CNC2CC2)c1. The van der Waals surface area contributed by atoms with Gasteiger partial charge in [-0.05, 0) is 18.9 Å². The molecule has 0 saturated heterocycles. The molecular weight excluding hydrogens is 256 g/mol. The molecule has 1 aromatic rings. The lowest BCUT2D eigenvalue weighted by atomic mass is 10.4. The molecule has 1 aliphatic rings. The third kappa shape index (κ3) is 3.07. The maximum Gasteiger partial charge on any atom is 0.243 e. The van der Waals surface area contributed by atoms with Crippen LogP contribution in [0.1, 0.15) is 24.6 Å². The highest BCUT2D eigenvalue weighted by Crippen LogP contribution is 2.24. The molecule has 1 saturated carbocycles. The number of thiophene rings is 1. The zero-order valence-corrected chi connectivity index (χ0v) is 11.8. The molecule has 0 radical (unpaired) electrons. The van der Waals surface area contributed by atoms with Crippen molar-refractivity contribution < 1.29 is 8.42 Å². The second kappa shape index (κ2) is 5.06. The number of hydrogen-bond acceptors (Lipinski definition) is 4. The number of nitrogens with one attached hydrogen (secondary N) is 1. The van der Waals surface area contributed by atoms with E-state index in [0.29, 0.717) is 17.5 Å². The predicted octanol–water partition coefficient (Wildman–Crippen LogP) is 1.64. The van der Waals surface area contributed by atoms with Crippen molar-refractivity contribution in [2.75, 3.05) is 13.6 Å². The van der Waals surface area contributed by atoms with Crippen LogP contribution in [0.4, 0.5) is 0 Å². The Morgan fingerprint density at radius 1 is 1.53 bits per heavy atom. The molecule has 1 heterocycles. The minimum Gasteiger partial charge on any atom is -0.309 e. The van der Waals surface area contributed by atoms with E-state index in [0.717, 1.165) is 11.4 Å². The van der Waals surface area contributed by atoms with Gasteiger partial charge in [0, 0.05) is 36.4 Å². The van der Waals surface area contributed by atoms with Gasteiger partial charge in [0.05, 0.1) is 4.90 Å². The quantitative estimate of drug-likeness (QED) is 0.858. The molecule has 0 bridgehead atoms. The second-order valence-electron chi connectivity index (χ2n) is 4.32. The number of hydrogen-bond donors (Lipinski definition) is 1. The molecule has 4 nitrogen and oxygen atoms in total. The molecule has 0 unspecified atom stereocenters. The Morgan fingerprint density at radius 2 is 2.24 bits per heavy atom. The molecule has 17 heavy (non-hydrogen) atoms. The zero-order valence-electron chi connectivity index (χ0n) is 10.1. The summed E-state index contributed by atoms with van der Waals surface area (Å²) in [5.41, 5.74) is 0. The summed E-state index contributed by atoms with van der Waals surface area (Å²) < 4.78 is 25.4. The van der Waals surface area contributed by atoms with E-state index in [1.54, 1.807) is 18.5 Å². The highest BCUT2D eigenvalue weighted by molar-refractivity contribution is 7.89. The van der Waals surface area contributed by atoms with Gasteiger partial charge in [-0.3, -0.25) is 0 Å². The number of sulfonamides is 1. The van der Waals surface area contributed by atoms with Crippen LogP contribution in [0.3, 0.4) is 0 Å². The van der Waals surface area contributed by atoms with Gasteiger partial charge >= 0.3 is 0 Å². The van der Waals surface area contributed by atoms with Gasteiger partial charge in [-0.25, -0.2) is 12.7 Å². The van der Waals surface area contributed by atoms with Gasteiger partial charge in [0.25, 0.3) is 0 Å². The van der Waals surface area contributed by atoms with Crippen LogP contribution in [-0.4, -0.2) is 32.4 Å². The van der Waals surface area contributed by atoms with Crippen molar-refractivity contribution in [1.29, 1.82) is 0 Å². The summed E-state index contributed by atoms with van der Waals surface area (Å²) in [6.07, 6.45) is 2.49.